The van der Waals surface area contributed by atoms with Crippen LogP contribution in [0.2, 0.25) is 0 Å². The normalized spacial score (nSPS) is 13.3. The Hall–Kier alpha value is -3.83. The number of ether oxygens (including phenoxy) is 1. The molecule has 1 fully saturated rings. The second-order valence-electron chi connectivity index (χ2n) is 6.80. The van der Waals surface area contributed by atoms with Gasteiger partial charge in [0.25, 0.3) is 17.7 Å². The third kappa shape index (κ3) is 5.25. The lowest BCUT2D eigenvalue weighted by molar-refractivity contribution is 0.0844. The van der Waals surface area contributed by atoms with E-state index in [-0.39, 0.29) is 17.2 Å². The topological polar surface area (TPSA) is 126 Å². The maximum atomic E-state index is 12.5. The first-order valence-corrected chi connectivity index (χ1v) is 10.7. The SMILES string of the molecule is O=C(NNC(=O)c1csc(N2CCOCC2)n1)c1cccc(NC(=O)c2cccnc2)c1. The van der Waals surface area contributed by atoms with Crippen LogP contribution >= 0.6 is 11.3 Å². The van der Waals surface area contributed by atoms with E-state index in [2.05, 4.69) is 31.0 Å². The maximum absolute atomic E-state index is 12.5. The van der Waals surface area contributed by atoms with Crippen molar-refractivity contribution in [2.75, 3.05) is 36.5 Å². The van der Waals surface area contributed by atoms with Crippen molar-refractivity contribution in [3.05, 3.63) is 71.0 Å². The van der Waals surface area contributed by atoms with E-state index in [1.54, 1.807) is 41.9 Å². The fourth-order valence-corrected chi connectivity index (χ4v) is 3.82. The lowest BCUT2D eigenvalue weighted by Crippen LogP contribution is -2.42. The zero-order chi connectivity index (χ0) is 22.3. The van der Waals surface area contributed by atoms with Crippen LogP contribution in [0.1, 0.15) is 31.2 Å². The largest absolute Gasteiger partial charge is 0.378 e. The van der Waals surface area contributed by atoms with Crippen molar-refractivity contribution < 1.29 is 19.1 Å². The van der Waals surface area contributed by atoms with Crippen LogP contribution in [0.3, 0.4) is 0 Å². The lowest BCUT2D eigenvalue weighted by atomic mass is 10.2. The average molecular weight is 452 g/mol. The summed E-state index contributed by atoms with van der Waals surface area (Å²) >= 11 is 1.36. The number of nitrogens with zero attached hydrogens (tertiary/aromatic N) is 3. The minimum Gasteiger partial charge on any atom is -0.378 e. The molecular weight excluding hydrogens is 432 g/mol. The van der Waals surface area contributed by atoms with Gasteiger partial charge in [0.2, 0.25) is 0 Å². The summed E-state index contributed by atoms with van der Waals surface area (Å²) in [4.78, 5) is 47.4. The first kappa shape index (κ1) is 21.4. The monoisotopic (exact) mass is 452 g/mol. The summed E-state index contributed by atoms with van der Waals surface area (Å²) in [5.41, 5.74) is 6.05. The number of hydrogen-bond acceptors (Lipinski definition) is 8. The minimum absolute atomic E-state index is 0.217. The van der Waals surface area contributed by atoms with E-state index >= 15 is 0 Å². The summed E-state index contributed by atoms with van der Waals surface area (Å²) < 4.78 is 5.32. The molecule has 3 aromatic rings. The minimum atomic E-state index is -0.528. The van der Waals surface area contributed by atoms with Gasteiger partial charge < -0.3 is 15.0 Å². The molecule has 4 rings (SSSR count). The number of benzene rings is 1. The Bertz CT molecular complexity index is 1110. The third-order valence-corrected chi connectivity index (χ3v) is 5.50. The number of rotatable bonds is 5. The van der Waals surface area contributed by atoms with E-state index < -0.39 is 11.8 Å². The van der Waals surface area contributed by atoms with Crippen LogP contribution in [0.15, 0.2) is 54.2 Å². The number of anilines is 2. The third-order valence-electron chi connectivity index (χ3n) is 4.60. The van der Waals surface area contributed by atoms with E-state index in [1.807, 2.05) is 0 Å². The van der Waals surface area contributed by atoms with Crippen molar-refractivity contribution in [3.8, 4) is 0 Å². The number of hydrazine groups is 1. The predicted molar refractivity (Wildman–Crippen MR) is 119 cm³/mol. The molecule has 0 spiro atoms. The number of carbonyl (C=O) groups excluding carboxylic acids is 3. The van der Waals surface area contributed by atoms with Crippen LogP contribution in [0.25, 0.3) is 0 Å². The molecule has 3 N–H and O–H groups in total. The van der Waals surface area contributed by atoms with Gasteiger partial charge in [-0.25, -0.2) is 4.98 Å². The molecule has 2 aromatic heterocycles. The van der Waals surface area contributed by atoms with Gasteiger partial charge in [-0.3, -0.25) is 30.2 Å². The van der Waals surface area contributed by atoms with Crippen LogP contribution in [0, 0.1) is 0 Å². The highest BCUT2D eigenvalue weighted by molar-refractivity contribution is 7.13. The zero-order valence-corrected chi connectivity index (χ0v) is 17.7. The number of aromatic nitrogens is 2. The highest BCUT2D eigenvalue weighted by Gasteiger charge is 2.18. The Morgan fingerprint density at radius 1 is 0.969 bits per heavy atom. The van der Waals surface area contributed by atoms with Gasteiger partial charge in [0.05, 0.1) is 18.8 Å². The summed E-state index contributed by atoms with van der Waals surface area (Å²) in [7, 11) is 0. The van der Waals surface area contributed by atoms with E-state index in [0.29, 0.717) is 24.5 Å². The molecule has 1 saturated heterocycles. The molecule has 1 aromatic carbocycles. The predicted octanol–water partition coefficient (Wildman–Crippen LogP) is 1.70. The number of carbonyl (C=O) groups is 3. The molecule has 32 heavy (non-hydrogen) atoms. The van der Waals surface area contributed by atoms with Gasteiger partial charge in [0.1, 0.15) is 5.69 Å². The molecule has 0 unspecified atom stereocenters. The van der Waals surface area contributed by atoms with Crippen molar-refractivity contribution in [2.45, 2.75) is 0 Å². The molecule has 3 heterocycles. The molecular formula is C21H20N6O4S. The molecule has 0 saturated carbocycles. The van der Waals surface area contributed by atoms with E-state index in [9.17, 15) is 14.4 Å². The van der Waals surface area contributed by atoms with Crippen molar-refractivity contribution in [1.29, 1.82) is 0 Å². The van der Waals surface area contributed by atoms with Crippen molar-refractivity contribution in [2.24, 2.45) is 0 Å². The van der Waals surface area contributed by atoms with Gasteiger partial charge in [-0.2, -0.15) is 0 Å². The van der Waals surface area contributed by atoms with Crippen molar-refractivity contribution >= 4 is 39.9 Å². The molecule has 10 nitrogen and oxygen atoms in total. The number of pyridine rings is 1. The summed E-state index contributed by atoms with van der Waals surface area (Å²) in [6.07, 6.45) is 3.02. The quantitative estimate of drug-likeness (QED) is 0.503. The molecule has 0 bridgehead atoms. The second kappa shape index (κ2) is 9.98. The van der Waals surface area contributed by atoms with Gasteiger partial charge in [0, 0.05) is 42.1 Å². The molecule has 0 radical (unpaired) electrons. The van der Waals surface area contributed by atoms with E-state index in [0.717, 1.165) is 18.2 Å². The summed E-state index contributed by atoms with van der Waals surface area (Å²) in [5, 5.41) is 5.09. The summed E-state index contributed by atoms with van der Waals surface area (Å²) in [5.74, 6) is -1.39. The van der Waals surface area contributed by atoms with E-state index in [1.165, 1.54) is 23.6 Å². The number of thiazole rings is 1. The standard InChI is InChI=1S/C21H20N6O4S/c28-18(15-4-2-6-22-12-15)23-16-5-1-3-14(11-16)19(29)25-26-20(30)17-13-32-21(24-17)27-7-9-31-10-8-27/h1-6,11-13H,7-10H2,(H,23,28)(H,25,29)(H,26,30). The van der Waals surface area contributed by atoms with Gasteiger partial charge in [0.15, 0.2) is 5.13 Å². The van der Waals surface area contributed by atoms with Crippen LogP contribution in [-0.2, 0) is 4.74 Å². The highest BCUT2D eigenvalue weighted by atomic mass is 32.1. The molecule has 164 valence electrons. The summed E-state index contributed by atoms with van der Waals surface area (Å²) in [6, 6.07) is 9.66. The average Bonchev–Trinajstić information content (AvgIpc) is 3.34. The zero-order valence-electron chi connectivity index (χ0n) is 16.9. The summed E-state index contributed by atoms with van der Waals surface area (Å²) in [6.45, 7) is 2.69. The molecule has 3 amide bonds. The number of nitrogens with one attached hydrogen (secondary N) is 3. The molecule has 11 heteroatoms. The highest BCUT2D eigenvalue weighted by Crippen LogP contribution is 2.21. The van der Waals surface area contributed by atoms with Gasteiger partial charge in [-0.1, -0.05) is 6.07 Å². The Morgan fingerprint density at radius 2 is 1.75 bits per heavy atom. The van der Waals surface area contributed by atoms with Gasteiger partial charge in [-0.05, 0) is 30.3 Å². The Balaban J connectivity index is 1.33. The fourth-order valence-electron chi connectivity index (χ4n) is 2.96. The fraction of sp³-hybridized carbons (Fsp3) is 0.190. The Labute approximate surface area is 187 Å². The smallest absolute Gasteiger partial charge is 0.289 e. The van der Waals surface area contributed by atoms with Crippen LogP contribution in [-0.4, -0.2) is 54.0 Å². The first-order chi connectivity index (χ1) is 15.6. The molecule has 0 atom stereocenters. The lowest BCUT2D eigenvalue weighted by Gasteiger charge is -2.25. The van der Waals surface area contributed by atoms with Crippen LogP contribution in [0.5, 0.6) is 0 Å². The van der Waals surface area contributed by atoms with Crippen molar-refractivity contribution in [3.63, 3.8) is 0 Å². The Morgan fingerprint density at radius 3 is 2.53 bits per heavy atom. The van der Waals surface area contributed by atoms with Gasteiger partial charge in [-0.15, -0.1) is 11.3 Å². The molecule has 0 aliphatic carbocycles. The second-order valence-corrected chi connectivity index (χ2v) is 7.64. The first-order valence-electron chi connectivity index (χ1n) is 9.80. The van der Waals surface area contributed by atoms with Crippen molar-refractivity contribution in [1.82, 2.24) is 20.8 Å². The Kier molecular flexibility index (Phi) is 6.68. The van der Waals surface area contributed by atoms with Crippen LogP contribution < -0.4 is 21.1 Å². The van der Waals surface area contributed by atoms with E-state index in [4.69, 9.17) is 4.74 Å². The number of amides is 3. The number of morpholine rings is 1. The molecule has 1 aliphatic heterocycles. The maximum Gasteiger partial charge on any atom is 0.289 e. The van der Waals surface area contributed by atoms with Crippen LogP contribution in [0.4, 0.5) is 10.8 Å². The molecule has 1 aliphatic rings. The van der Waals surface area contributed by atoms with Gasteiger partial charge >= 0.3 is 0 Å². The number of hydrogen-bond donors (Lipinski definition) is 3.